The van der Waals surface area contributed by atoms with Crippen molar-refractivity contribution >= 4 is 6.03 Å². The average Bonchev–Trinajstić information content (AvgIpc) is 2.66. The number of carbonyl (C=O) groups is 1. The van der Waals surface area contributed by atoms with Gasteiger partial charge in [0, 0.05) is 32.2 Å². The Labute approximate surface area is 174 Å². The Kier molecular flexibility index (Phi) is 9.09. The minimum atomic E-state index is -0.271. The molecule has 0 fully saturated rings. The van der Waals surface area contributed by atoms with E-state index in [1.807, 2.05) is 51.3 Å². The summed E-state index contributed by atoms with van der Waals surface area (Å²) in [6.45, 7) is 2.54. The van der Waals surface area contributed by atoms with Crippen LogP contribution in [0.4, 0.5) is 9.18 Å². The standard InChI is InChI=1S/C23H33FN4O/c1-26(2)14-15-28(17-20-10-12-21(24)13-11-20)23(29)25-22(18-27(3)4)16-19-8-6-5-7-9-19/h5-13,22H,14-18H2,1-4H3,(H,25,29). The predicted octanol–water partition coefficient (Wildman–Crippen LogP) is 3.07. The van der Waals surface area contributed by atoms with Crippen LogP contribution in [0.25, 0.3) is 0 Å². The molecule has 0 bridgehead atoms. The fourth-order valence-corrected chi connectivity index (χ4v) is 3.15. The molecule has 1 atom stereocenters. The van der Waals surface area contributed by atoms with E-state index < -0.39 is 0 Å². The van der Waals surface area contributed by atoms with Crippen LogP contribution in [0, 0.1) is 5.82 Å². The third kappa shape index (κ3) is 8.62. The summed E-state index contributed by atoms with van der Waals surface area (Å²) in [5, 5.41) is 3.21. The number of hydrogen-bond acceptors (Lipinski definition) is 3. The summed E-state index contributed by atoms with van der Waals surface area (Å²) >= 11 is 0. The fraction of sp³-hybridized carbons (Fsp3) is 0.435. The molecule has 2 aromatic carbocycles. The first-order chi connectivity index (χ1) is 13.8. The molecule has 1 unspecified atom stereocenters. The normalized spacial score (nSPS) is 12.2. The molecule has 6 heteroatoms. The van der Waals surface area contributed by atoms with Gasteiger partial charge in [-0.25, -0.2) is 9.18 Å². The van der Waals surface area contributed by atoms with Crippen LogP contribution in [0.5, 0.6) is 0 Å². The Morgan fingerprint density at radius 1 is 0.897 bits per heavy atom. The first-order valence-corrected chi connectivity index (χ1v) is 9.96. The van der Waals surface area contributed by atoms with Crippen LogP contribution in [0.2, 0.25) is 0 Å². The van der Waals surface area contributed by atoms with Crippen molar-refractivity contribution in [2.45, 2.75) is 19.0 Å². The first-order valence-electron chi connectivity index (χ1n) is 9.96. The number of nitrogens with zero attached hydrogens (tertiary/aromatic N) is 3. The second-order valence-corrected chi connectivity index (χ2v) is 7.95. The molecule has 0 heterocycles. The number of nitrogens with one attached hydrogen (secondary N) is 1. The Balaban J connectivity index is 2.09. The highest BCUT2D eigenvalue weighted by Crippen LogP contribution is 2.09. The van der Waals surface area contributed by atoms with Crippen molar-refractivity contribution in [1.29, 1.82) is 0 Å². The topological polar surface area (TPSA) is 38.8 Å². The van der Waals surface area contributed by atoms with E-state index in [9.17, 15) is 9.18 Å². The van der Waals surface area contributed by atoms with Crippen LogP contribution < -0.4 is 5.32 Å². The van der Waals surface area contributed by atoms with Crippen molar-refractivity contribution in [2.24, 2.45) is 0 Å². The number of benzene rings is 2. The molecule has 2 rings (SSSR count). The number of halogens is 1. The molecule has 158 valence electrons. The summed E-state index contributed by atoms with van der Waals surface area (Å²) in [4.78, 5) is 19.0. The summed E-state index contributed by atoms with van der Waals surface area (Å²) in [5.74, 6) is -0.271. The molecular weight excluding hydrogens is 367 g/mol. The van der Waals surface area contributed by atoms with Gasteiger partial charge >= 0.3 is 6.03 Å². The van der Waals surface area contributed by atoms with Gasteiger partial charge in [0.25, 0.3) is 0 Å². The van der Waals surface area contributed by atoms with Gasteiger partial charge in [0.05, 0.1) is 0 Å². The lowest BCUT2D eigenvalue weighted by Crippen LogP contribution is -2.50. The number of amides is 2. The monoisotopic (exact) mass is 400 g/mol. The molecule has 0 aliphatic carbocycles. The molecule has 0 aromatic heterocycles. The lowest BCUT2D eigenvalue weighted by molar-refractivity contribution is 0.182. The van der Waals surface area contributed by atoms with Gasteiger partial charge in [-0.05, 0) is 57.9 Å². The quantitative estimate of drug-likeness (QED) is 0.666. The van der Waals surface area contributed by atoms with E-state index >= 15 is 0 Å². The van der Waals surface area contributed by atoms with Gasteiger partial charge in [0.15, 0.2) is 0 Å². The minimum Gasteiger partial charge on any atom is -0.334 e. The van der Waals surface area contributed by atoms with Crippen molar-refractivity contribution < 1.29 is 9.18 Å². The zero-order valence-electron chi connectivity index (χ0n) is 17.9. The Morgan fingerprint density at radius 2 is 1.55 bits per heavy atom. The molecule has 0 saturated carbocycles. The highest BCUT2D eigenvalue weighted by molar-refractivity contribution is 5.74. The summed E-state index contributed by atoms with van der Waals surface area (Å²) in [6, 6.07) is 16.4. The first kappa shape index (κ1) is 22.8. The highest BCUT2D eigenvalue weighted by Gasteiger charge is 2.19. The number of likely N-dealkylation sites (N-methyl/N-ethyl adjacent to an activating group) is 2. The third-order valence-corrected chi connectivity index (χ3v) is 4.63. The molecule has 2 aromatic rings. The van der Waals surface area contributed by atoms with Crippen molar-refractivity contribution in [3.8, 4) is 0 Å². The molecule has 29 heavy (non-hydrogen) atoms. The number of urea groups is 1. The van der Waals surface area contributed by atoms with Crippen LogP contribution in [0.3, 0.4) is 0 Å². The van der Waals surface area contributed by atoms with Crippen molar-refractivity contribution in [1.82, 2.24) is 20.0 Å². The van der Waals surface area contributed by atoms with Gasteiger partial charge in [-0.1, -0.05) is 42.5 Å². The maximum Gasteiger partial charge on any atom is 0.318 e. The van der Waals surface area contributed by atoms with Crippen LogP contribution in [0.15, 0.2) is 54.6 Å². The van der Waals surface area contributed by atoms with Gasteiger partial charge < -0.3 is 20.0 Å². The summed E-state index contributed by atoms with van der Waals surface area (Å²) in [5.41, 5.74) is 2.10. The van der Waals surface area contributed by atoms with Gasteiger partial charge in [-0.3, -0.25) is 0 Å². The third-order valence-electron chi connectivity index (χ3n) is 4.63. The van der Waals surface area contributed by atoms with E-state index in [2.05, 4.69) is 22.3 Å². The Hall–Kier alpha value is -2.44. The maximum absolute atomic E-state index is 13.2. The Bertz CT molecular complexity index is 734. The summed E-state index contributed by atoms with van der Waals surface area (Å²) in [7, 11) is 7.98. The molecule has 0 spiro atoms. The molecule has 2 amide bonds. The van der Waals surface area contributed by atoms with E-state index in [4.69, 9.17) is 0 Å². The molecular formula is C23H33FN4O. The van der Waals surface area contributed by atoms with E-state index in [0.717, 1.165) is 25.1 Å². The second-order valence-electron chi connectivity index (χ2n) is 7.95. The van der Waals surface area contributed by atoms with Crippen molar-refractivity contribution in [3.63, 3.8) is 0 Å². The van der Waals surface area contributed by atoms with E-state index in [1.165, 1.54) is 17.7 Å². The molecule has 0 saturated heterocycles. The van der Waals surface area contributed by atoms with Crippen LogP contribution in [-0.2, 0) is 13.0 Å². The van der Waals surface area contributed by atoms with Gasteiger partial charge in [0.1, 0.15) is 5.82 Å². The zero-order valence-corrected chi connectivity index (χ0v) is 17.9. The lowest BCUT2D eigenvalue weighted by atomic mass is 10.1. The summed E-state index contributed by atoms with van der Waals surface area (Å²) in [6.07, 6.45) is 0.767. The molecule has 0 aliphatic rings. The number of carbonyl (C=O) groups excluding carboxylic acids is 1. The summed E-state index contributed by atoms with van der Waals surface area (Å²) < 4.78 is 13.2. The Morgan fingerprint density at radius 3 is 2.14 bits per heavy atom. The van der Waals surface area contributed by atoms with E-state index in [0.29, 0.717) is 13.1 Å². The smallest absolute Gasteiger partial charge is 0.318 e. The molecule has 0 aliphatic heterocycles. The van der Waals surface area contributed by atoms with Crippen molar-refractivity contribution in [2.75, 3.05) is 47.8 Å². The average molecular weight is 401 g/mol. The molecule has 5 nitrogen and oxygen atoms in total. The SMILES string of the molecule is CN(C)CCN(Cc1ccc(F)cc1)C(=O)NC(Cc1ccccc1)CN(C)C. The van der Waals surface area contributed by atoms with Gasteiger partial charge in [-0.2, -0.15) is 0 Å². The number of rotatable bonds is 10. The zero-order chi connectivity index (χ0) is 21.2. The van der Waals surface area contributed by atoms with Gasteiger partial charge in [0.2, 0.25) is 0 Å². The second kappa shape index (κ2) is 11.5. The predicted molar refractivity (Wildman–Crippen MR) is 116 cm³/mol. The largest absolute Gasteiger partial charge is 0.334 e. The molecule has 0 radical (unpaired) electrons. The lowest BCUT2D eigenvalue weighted by Gasteiger charge is -2.29. The van der Waals surface area contributed by atoms with Crippen LogP contribution in [-0.4, -0.2) is 74.6 Å². The van der Waals surface area contributed by atoms with Crippen molar-refractivity contribution in [3.05, 3.63) is 71.5 Å². The van der Waals surface area contributed by atoms with E-state index in [1.54, 1.807) is 17.0 Å². The highest BCUT2D eigenvalue weighted by atomic mass is 19.1. The number of hydrogen-bond donors (Lipinski definition) is 1. The van der Waals surface area contributed by atoms with Gasteiger partial charge in [-0.15, -0.1) is 0 Å². The minimum absolute atomic E-state index is 0.00465. The van der Waals surface area contributed by atoms with E-state index in [-0.39, 0.29) is 17.9 Å². The molecule has 1 N–H and O–H groups in total. The van der Waals surface area contributed by atoms with Crippen LogP contribution >= 0.6 is 0 Å². The van der Waals surface area contributed by atoms with Crippen LogP contribution in [0.1, 0.15) is 11.1 Å². The maximum atomic E-state index is 13.2. The fourth-order valence-electron chi connectivity index (χ4n) is 3.15.